The van der Waals surface area contributed by atoms with Crippen molar-refractivity contribution in [3.05, 3.63) is 0 Å². The lowest BCUT2D eigenvalue weighted by Crippen LogP contribution is -2.46. The fourth-order valence-corrected chi connectivity index (χ4v) is 1.65. The van der Waals surface area contributed by atoms with Crippen molar-refractivity contribution >= 4 is 5.91 Å². The molecule has 1 amide bonds. The molecule has 1 aliphatic heterocycles. The third-order valence-electron chi connectivity index (χ3n) is 2.26. The number of hydrogen-bond donors (Lipinski definition) is 2. The minimum absolute atomic E-state index is 0.0758. The first-order valence-electron chi connectivity index (χ1n) is 4.65. The number of hydrogen-bond acceptors (Lipinski definition) is 3. The van der Waals surface area contributed by atoms with Crippen LogP contribution in [0.25, 0.3) is 0 Å². The molecule has 1 atom stereocenters. The minimum atomic E-state index is -0.302. The lowest BCUT2D eigenvalue weighted by molar-refractivity contribution is -0.117. The molecule has 0 bridgehead atoms. The van der Waals surface area contributed by atoms with Crippen LogP contribution in [0.2, 0.25) is 0 Å². The fourth-order valence-electron chi connectivity index (χ4n) is 1.65. The Morgan fingerprint density at radius 3 is 2.92 bits per heavy atom. The molecule has 1 saturated heterocycles. The molecule has 1 fully saturated rings. The van der Waals surface area contributed by atoms with Gasteiger partial charge in [-0.05, 0) is 26.7 Å². The van der Waals surface area contributed by atoms with Gasteiger partial charge in [-0.2, -0.15) is 0 Å². The number of primary amides is 1. The highest BCUT2D eigenvalue weighted by Gasteiger charge is 2.28. The SMILES string of the molecule is CC1(C)CC(NCC(N)=O)CCO1. The maximum absolute atomic E-state index is 10.5. The lowest BCUT2D eigenvalue weighted by Gasteiger charge is -2.35. The standard InChI is InChI=1S/C9H18N2O2/c1-9(2)5-7(3-4-13-9)11-6-8(10)12/h7,11H,3-6H2,1-2H3,(H2,10,12). The van der Waals surface area contributed by atoms with E-state index in [2.05, 4.69) is 19.2 Å². The Bertz CT molecular complexity index is 192. The molecular formula is C9H18N2O2. The van der Waals surface area contributed by atoms with Crippen LogP contribution >= 0.6 is 0 Å². The molecule has 3 N–H and O–H groups in total. The molecule has 1 unspecified atom stereocenters. The number of nitrogens with one attached hydrogen (secondary N) is 1. The molecule has 1 heterocycles. The van der Waals surface area contributed by atoms with Crippen molar-refractivity contribution in [2.24, 2.45) is 5.73 Å². The summed E-state index contributed by atoms with van der Waals surface area (Å²) in [5.74, 6) is -0.302. The summed E-state index contributed by atoms with van der Waals surface area (Å²) in [6.45, 7) is 5.14. The fraction of sp³-hybridized carbons (Fsp3) is 0.889. The van der Waals surface area contributed by atoms with Crippen LogP contribution in [0.1, 0.15) is 26.7 Å². The van der Waals surface area contributed by atoms with Crippen LogP contribution in [0, 0.1) is 0 Å². The van der Waals surface area contributed by atoms with Crippen LogP contribution in [-0.2, 0) is 9.53 Å². The van der Waals surface area contributed by atoms with E-state index in [1.807, 2.05) is 0 Å². The highest BCUT2D eigenvalue weighted by atomic mass is 16.5. The van der Waals surface area contributed by atoms with E-state index in [9.17, 15) is 4.79 Å². The predicted octanol–water partition coefficient (Wildman–Crippen LogP) is 0.0189. The Morgan fingerprint density at radius 1 is 1.69 bits per heavy atom. The van der Waals surface area contributed by atoms with Crippen molar-refractivity contribution in [3.8, 4) is 0 Å². The van der Waals surface area contributed by atoms with E-state index in [1.54, 1.807) is 0 Å². The van der Waals surface area contributed by atoms with E-state index < -0.39 is 0 Å². The van der Waals surface area contributed by atoms with Gasteiger partial charge >= 0.3 is 0 Å². The van der Waals surface area contributed by atoms with Crippen molar-refractivity contribution in [1.29, 1.82) is 0 Å². The van der Waals surface area contributed by atoms with Crippen molar-refractivity contribution < 1.29 is 9.53 Å². The lowest BCUT2D eigenvalue weighted by atomic mass is 9.94. The van der Waals surface area contributed by atoms with Gasteiger partial charge < -0.3 is 15.8 Å². The first-order chi connectivity index (χ1) is 5.99. The van der Waals surface area contributed by atoms with Crippen LogP contribution in [-0.4, -0.2) is 30.7 Å². The van der Waals surface area contributed by atoms with Gasteiger partial charge in [0.25, 0.3) is 0 Å². The third-order valence-corrected chi connectivity index (χ3v) is 2.26. The van der Waals surface area contributed by atoms with E-state index >= 15 is 0 Å². The van der Waals surface area contributed by atoms with Crippen LogP contribution < -0.4 is 11.1 Å². The van der Waals surface area contributed by atoms with Gasteiger partial charge in [-0.3, -0.25) is 4.79 Å². The molecule has 1 rings (SSSR count). The van der Waals surface area contributed by atoms with Crippen LogP contribution in [0.5, 0.6) is 0 Å². The van der Waals surface area contributed by atoms with Gasteiger partial charge in [0.15, 0.2) is 0 Å². The van der Waals surface area contributed by atoms with E-state index in [4.69, 9.17) is 10.5 Å². The molecular weight excluding hydrogens is 168 g/mol. The molecule has 0 aromatic carbocycles. The molecule has 0 saturated carbocycles. The van der Waals surface area contributed by atoms with Crippen molar-refractivity contribution in [2.75, 3.05) is 13.2 Å². The Kier molecular flexibility index (Phi) is 3.27. The summed E-state index contributed by atoms with van der Waals surface area (Å²) in [6, 6.07) is 0.358. The minimum Gasteiger partial charge on any atom is -0.375 e. The second kappa shape index (κ2) is 4.07. The molecule has 13 heavy (non-hydrogen) atoms. The number of nitrogens with two attached hydrogens (primary N) is 1. The quantitative estimate of drug-likeness (QED) is 0.653. The van der Waals surface area contributed by atoms with Crippen LogP contribution in [0.4, 0.5) is 0 Å². The second-order valence-corrected chi connectivity index (χ2v) is 4.15. The highest BCUT2D eigenvalue weighted by molar-refractivity contribution is 5.75. The summed E-state index contributed by atoms with van der Waals surface area (Å²) >= 11 is 0. The first kappa shape index (κ1) is 10.5. The van der Waals surface area contributed by atoms with Gasteiger partial charge in [0.1, 0.15) is 0 Å². The molecule has 76 valence electrons. The van der Waals surface area contributed by atoms with E-state index in [1.165, 1.54) is 0 Å². The summed E-state index contributed by atoms with van der Waals surface area (Å²) in [4.78, 5) is 10.5. The van der Waals surface area contributed by atoms with Gasteiger partial charge in [0.05, 0.1) is 12.1 Å². The number of rotatable bonds is 3. The van der Waals surface area contributed by atoms with E-state index in [0.717, 1.165) is 19.4 Å². The predicted molar refractivity (Wildman–Crippen MR) is 50.3 cm³/mol. The van der Waals surface area contributed by atoms with Crippen molar-refractivity contribution in [3.63, 3.8) is 0 Å². The first-order valence-corrected chi connectivity index (χ1v) is 4.65. The monoisotopic (exact) mass is 186 g/mol. The number of carbonyl (C=O) groups is 1. The Labute approximate surface area is 78.8 Å². The second-order valence-electron chi connectivity index (χ2n) is 4.15. The summed E-state index contributed by atoms with van der Waals surface area (Å²) in [6.07, 6.45) is 1.89. The smallest absolute Gasteiger partial charge is 0.231 e. The third kappa shape index (κ3) is 3.74. The Balaban J connectivity index is 2.30. The van der Waals surface area contributed by atoms with Gasteiger partial charge in [-0.15, -0.1) is 0 Å². The molecule has 0 spiro atoms. The maximum atomic E-state index is 10.5. The zero-order valence-electron chi connectivity index (χ0n) is 8.30. The van der Waals surface area contributed by atoms with Crippen LogP contribution in [0.15, 0.2) is 0 Å². The number of amides is 1. The van der Waals surface area contributed by atoms with Gasteiger partial charge in [0, 0.05) is 12.6 Å². The Morgan fingerprint density at radius 2 is 2.38 bits per heavy atom. The summed E-state index contributed by atoms with van der Waals surface area (Å²) < 4.78 is 5.55. The summed E-state index contributed by atoms with van der Waals surface area (Å²) in [7, 11) is 0. The zero-order chi connectivity index (χ0) is 9.90. The largest absolute Gasteiger partial charge is 0.375 e. The van der Waals surface area contributed by atoms with Gasteiger partial charge in [-0.1, -0.05) is 0 Å². The summed E-state index contributed by atoms with van der Waals surface area (Å²) in [5, 5.41) is 3.12. The zero-order valence-corrected chi connectivity index (χ0v) is 8.30. The van der Waals surface area contributed by atoms with Crippen molar-refractivity contribution in [2.45, 2.75) is 38.3 Å². The van der Waals surface area contributed by atoms with Crippen molar-refractivity contribution in [1.82, 2.24) is 5.32 Å². The molecule has 4 nitrogen and oxygen atoms in total. The summed E-state index contributed by atoms with van der Waals surface area (Å²) in [5.41, 5.74) is 4.97. The number of carbonyl (C=O) groups excluding carboxylic acids is 1. The normalized spacial score (nSPS) is 27.1. The van der Waals surface area contributed by atoms with Gasteiger partial charge in [0.2, 0.25) is 5.91 Å². The molecule has 4 heteroatoms. The molecule has 0 aromatic rings. The maximum Gasteiger partial charge on any atom is 0.231 e. The van der Waals surface area contributed by atoms with Gasteiger partial charge in [-0.25, -0.2) is 0 Å². The average molecular weight is 186 g/mol. The van der Waals surface area contributed by atoms with E-state index in [0.29, 0.717) is 6.04 Å². The highest BCUT2D eigenvalue weighted by Crippen LogP contribution is 2.23. The molecule has 0 radical (unpaired) electrons. The topological polar surface area (TPSA) is 64.3 Å². The number of ether oxygens (including phenoxy) is 1. The van der Waals surface area contributed by atoms with E-state index in [-0.39, 0.29) is 18.1 Å². The molecule has 0 aliphatic carbocycles. The van der Waals surface area contributed by atoms with Crippen LogP contribution in [0.3, 0.4) is 0 Å². The molecule has 1 aliphatic rings. The average Bonchev–Trinajstić information content (AvgIpc) is 1.99. The molecule has 0 aromatic heterocycles. The Hall–Kier alpha value is -0.610.